The van der Waals surface area contributed by atoms with E-state index in [1.807, 2.05) is 13.8 Å². The number of halogens is 2. The molecule has 0 saturated carbocycles. The van der Waals surface area contributed by atoms with Crippen molar-refractivity contribution in [1.29, 1.82) is 0 Å². The largest absolute Gasteiger partial charge is 0.296 e. The second-order valence-electron chi connectivity index (χ2n) is 5.06. The Morgan fingerprint density at radius 2 is 1.79 bits per heavy atom. The lowest BCUT2D eigenvalue weighted by Gasteiger charge is -2.22. The second-order valence-corrected chi connectivity index (χ2v) is 5.06. The summed E-state index contributed by atoms with van der Waals surface area (Å²) in [7, 11) is 0. The molecule has 1 saturated heterocycles. The van der Waals surface area contributed by atoms with Gasteiger partial charge in [-0.3, -0.25) is 14.9 Å². The van der Waals surface area contributed by atoms with Crippen LogP contribution in [0.3, 0.4) is 0 Å². The lowest BCUT2D eigenvalue weighted by Crippen LogP contribution is -2.40. The first-order valence-electron chi connectivity index (χ1n) is 6.22. The van der Waals surface area contributed by atoms with Crippen LogP contribution in [0, 0.1) is 11.6 Å². The highest BCUT2D eigenvalue weighted by molar-refractivity contribution is 6.00. The third kappa shape index (κ3) is 2.64. The van der Waals surface area contributed by atoms with E-state index in [0.29, 0.717) is 5.56 Å². The van der Waals surface area contributed by atoms with Gasteiger partial charge in [0.15, 0.2) is 0 Å². The number of hydrogen-bond donors (Lipinski definition) is 1. The maximum Gasteiger partial charge on any atom is 0.234 e. The van der Waals surface area contributed by atoms with Gasteiger partial charge < -0.3 is 0 Å². The normalized spacial score (nSPS) is 19.7. The van der Waals surface area contributed by atoms with Gasteiger partial charge in [0.2, 0.25) is 11.8 Å². The molecule has 1 fully saturated rings. The minimum atomic E-state index is -0.932. The molecule has 0 aromatic heterocycles. The number of carbonyl (C=O) groups excluding carboxylic acids is 2. The van der Waals surface area contributed by atoms with E-state index in [-0.39, 0.29) is 24.3 Å². The number of benzene rings is 1. The molecule has 1 N–H and O–H groups in total. The van der Waals surface area contributed by atoms with Crippen molar-refractivity contribution in [3.8, 4) is 0 Å². The molecule has 2 amide bonds. The van der Waals surface area contributed by atoms with E-state index >= 15 is 0 Å². The van der Waals surface area contributed by atoms with Crippen LogP contribution in [-0.4, -0.2) is 11.8 Å². The summed E-state index contributed by atoms with van der Waals surface area (Å²) < 4.78 is 28.0. The number of nitrogens with one attached hydrogen (secondary N) is 1. The van der Waals surface area contributed by atoms with Crippen molar-refractivity contribution >= 4 is 11.8 Å². The Labute approximate surface area is 110 Å². The van der Waals surface area contributed by atoms with Gasteiger partial charge in [0.05, 0.1) is 5.92 Å². The van der Waals surface area contributed by atoms with E-state index in [1.54, 1.807) is 0 Å². The molecule has 102 valence electrons. The Balaban J connectivity index is 2.40. The summed E-state index contributed by atoms with van der Waals surface area (Å²) >= 11 is 0. The highest BCUT2D eigenvalue weighted by Gasteiger charge is 2.32. The molecular weight excluding hydrogens is 252 g/mol. The van der Waals surface area contributed by atoms with Crippen LogP contribution in [0.2, 0.25) is 0 Å². The van der Waals surface area contributed by atoms with Gasteiger partial charge in [0, 0.05) is 12.0 Å². The molecule has 1 aromatic carbocycles. The highest BCUT2D eigenvalue weighted by Crippen LogP contribution is 2.31. The molecule has 3 nitrogen and oxygen atoms in total. The van der Waals surface area contributed by atoms with Gasteiger partial charge in [-0.1, -0.05) is 13.8 Å². The first-order valence-corrected chi connectivity index (χ1v) is 6.22. The summed E-state index contributed by atoms with van der Waals surface area (Å²) in [6.45, 7) is 3.67. The zero-order chi connectivity index (χ0) is 14.2. The Bertz CT molecular complexity index is 517. The molecule has 1 atom stereocenters. The van der Waals surface area contributed by atoms with Crippen LogP contribution in [0.1, 0.15) is 49.7 Å². The third-order valence-electron chi connectivity index (χ3n) is 3.36. The molecule has 19 heavy (non-hydrogen) atoms. The van der Waals surface area contributed by atoms with E-state index in [1.165, 1.54) is 12.1 Å². The zero-order valence-electron chi connectivity index (χ0n) is 10.8. The SMILES string of the molecule is CC(C)c1cc(F)c([C@@H]2CCC(=O)NC2=O)c(F)c1. The number of rotatable bonds is 2. The van der Waals surface area contributed by atoms with E-state index in [2.05, 4.69) is 5.32 Å². The molecule has 1 aliphatic heterocycles. The van der Waals surface area contributed by atoms with Crippen molar-refractivity contribution in [2.45, 2.75) is 38.5 Å². The Morgan fingerprint density at radius 3 is 2.26 bits per heavy atom. The quantitative estimate of drug-likeness (QED) is 0.837. The Hall–Kier alpha value is -1.78. The lowest BCUT2D eigenvalue weighted by molar-refractivity contribution is -0.134. The molecule has 0 radical (unpaired) electrons. The summed E-state index contributed by atoms with van der Waals surface area (Å²) in [6, 6.07) is 2.51. The molecular formula is C14H15F2NO2. The number of imide groups is 1. The van der Waals surface area contributed by atoms with Crippen molar-refractivity contribution in [2.75, 3.05) is 0 Å². The van der Waals surface area contributed by atoms with E-state index in [0.717, 1.165) is 0 Å². The summed E-state index contributed by atoms with van der Waals surface area (Å²) in [5.74, 6) is -3.41. The zero-order valence-corrected chi connectivity index (χ0v) is 10.8. The van der Waals surface area contributed by atoms with Gasteiger partial charge in [-0.15, -0.1) is 0 Å². The predicted octanol–water partition coefficient (Wildman–Crippen LogP) is 2.61. The van der Waals surface area contributed by atoms with Gasteiger partial charge in [-0.25, -0.2) is 8.78 Å². The lowest BCUT2D eigenvalue weighted by atomic mass is 9.88. The molecule has 2 rings (SSSR count). The van der Waals surface area contributed by atoms with Gasteiger partial charge in [0.25, 0.3) is 0 Å². The van der Waals surface area contributed by atoms with Gasteiger partial charge in [-0.05, 0) is 30.0 Å². The smallest absolute Gasteiger partial charge is 0.234 e. The summed E-state index contributed by atoms with van der Waals surface area (Å²) in [4.78, 5) is 22.7. The van der Waals surface area contributed by atoms with Crippen molar-refractivity contribution in [3.63, 3.8) is 0 Å². The highest BCUT2D eigenvalue weighted by atomic mass is 19.1. The van der Waals surface area contributed by atoms with Crippen LogP contribution in [0.25, 0.3) is 0 Å². The standard InChI is InChI=1S/C14H15F2NO2/c1-7(2)8-5-10(15)13(11(16)6-8)9-3-4-12(18)17-14(9)19/h5-7,9H,3-4H2,1-2H3,(H,17,18,19)/t9-/m0/s1. The molecule has 0 bridgehead atoms. The fraction of sp³-hybridized carbons (Fsp3) is 0.429. The van der Waals surface area contributed by atoms with E-state index in [4.69, 9.17) is 0 Å². The molecule has 1 heterocycles. The van der Waals surface area contributed by atoms with E-state index in [9.17, 15) is 18.4 Å². The molecule has 5 heteroatoms. The molecule has 0 aliphatic carbocycles. The predicted molar refractivity (Wildman–Crippen MR) is 65.6 cm³/mol. The second kappa shape index (κ2) is 5.07. The minimum absolute atomic E-state index is 0.000176. The van der Waals surface area contributed by atoms with Crippen LogP contribution in [0.5, 0.6) is 0 Å². The fourth-order valence-corrected chi connectivity index (χ4v) is 2.24. The first kappa shape index (κ1) is 13.6. The van der Waals surface area contributed by atoms with Gasteiger partial charge in [0.1, 0.15) is 11.6 Å². The first-order chi connectivity index (χ1) is 8.90. The van der Waals surface area contributed by atoms with Crippen molar-refractivity contribution in [3.05, 3.63) is 34.9 Å². The maximum absolute atomic E-state index is 14.0. The summed E-state index contributed by atoms with van der Waals surface area (Å²) in [5.41, 5.74) is 0.306. The van der Waals surface area contributed by atoms with Crippen molar-refractivity contribution in [2.24, 2.45) is 0 Å². The van der Waals surface area contributed by atoms with Crippen molar-refractivity contribution < 1.29 is 18.4 Å². The van der Waals surface area contributed by atoms with Crippen LogP contribution in [-0.2, 0) is 9.59 Å². The van der Waals surface area contributed by atoms with Gasteiger partial charge >= 0.3 is 0 Å². The van der Waals surface area contributed by atoms with Crippen molar-refractivity contribution in [1.82, 2.24) is 5.32 Å². The fourth-order valence-electron chi connectivity index (χ4n) is 2.24. The average molecular weight is 267 g/mol. The minimum Gasteiger partial charge on any atom is -0.296 e. The number of piperidine rings is 1. The summed E-state index contributed by atoms with van der Waals surface area (Å²) in [5, 5.41) is 2.11. The molecule has 0 spiro atoms. The topological polar surface area (TPSA) is 46.2 Å². The molecule has 0 unspecified atom stereocenters. The van der Waals surface area contributed by atoms with Crippen LogP contribution in [0.4, 0.5) is 8.78 Å². The third-order valence-corrected chi connectivity index (χ3v) is 3.36. The monoisotopic (exact) mass is 267 g/mol. The van der Waals surface area contributed by atoms with Gasteiger partial charge in [-0.2, -0.15) is 0 Å². The van der Waals surface area contributed by atoms with Crippen LogP contribution < -0.4 is 5.32 Å². The van der Waals surface area contributed by atoms with Crippen LogP contribution in [0.15, 0.2) is 12.1 Å². The number of amides is 2. The molecule has 1 aliphatic rings. The average Bonchev–Trinajstić information content (AvgIpc) is 2.30. The maximum atomic E-state index is 14.0. The molecule has 1 aromatic rings. The van der Waals surface area contributed by atoms with Crippen LogP contribution >= 0.6 is 0 Å². The summed E-state index contributed by atoms with van der Waals surface area (Å²) in [6.07, 6.45) is 0.237. The number of carbonyl (C=O) groups is 2. The Morgan fingerprint density at radius 1 is 1.21 bits per heavy atom. The van der Waals surface area contributed by atoms with E-state index < -0.39 is 29.4 Å². The Kier molecular flexibility index (Phi) is 3.64. The number of hydrogen-bond acceptors (Lipinski definition) is 2.